The van der Waals surface area contributed by atoms with Crippen LogP contribution in [-0.4, -0.2) is 20.2 Å². The molecule has 0 saturated carbocycles. The highest BCUT2D eigenvalue weighted by Gasteiger charge is 2.22. The Labute approximate surface area is 95.8 Å². The number of rotatable bonds is 2. The van der Waals surface area contributed by atoms with Crippen molar-refractivity contribution in [1.82, 2.24) is 5.32 Å². The molecule has 1 aromatic carbocycles. The number of ether oxygens (including phenoxy) is 1. The first kappa shape index (κ1) is 11.4. The van der Waals surface area contributed by atoms with E-state index in [9.17, 15) is 4.39 Å². The summed E-state index contributed by atoms with van der Waals surface area (Å²) >= 11 is 0. The van der Waals surface area contributed by atoms with Crippen molar-refractivity contribution >= 4 is 0 Å². The third-order valence-corrected chi connectivity index (χ3v) is 3.28. The summed E-state index contributed by atoms with van der Waals surface area (Å²) in [6.07, 6.45) is 2.25. The molecule has 1 unspecified atom stereocenters. The molecular weight excluding hydrogens is 205 g/mol. The van der Waals surface area contributed by atoms with Gasteiger partial charge in [-0.15, -0.1) is 0 Å². The molecule has 0 bridgehead atoms. The van der Waals surface area contributed by atoms with Gasteiger partial charge < -0.3 is 10.1 Å². The highest BCUT2D eigenvalue weighted by atomic mass is 19.1. The number of nitrogens with one attached hydrogen (secondary N) is 1. The Balaban J connectivity index is 2.40. The van der Waals surface area contributed by atoms with E-state index in [2.05, 4.69) is 5.32 Å². The van der Waals surface area contributed by atoms with Crippen LogP contribution in [0.15, 0.2) is 12.1 Å². The van der Waals surface area contributed by atoms with Gasteiger partial charge in [-0.1, -0.05) is 6.07 Å². The highest BCUT2D eigenvalue weighted by molar-refractivity contribution is 5.43. The van der Waals surface area contributed by atoms with Crippen LogP contribution < -0.4 is 10.1 Å². The smallest absolute Gasteiger partial charge is 0.165 e. The van der Waals surface area contributed by atoms with Crippen molar-refractivity contribution < 1.29 is 9.13 Å². The van der Waals surface area contributed by atoms with Gasteiger partial charge in [0.25, 0.3) is 0 Å². The minimum atomic E-state index is -0.256. The standard InChI is InChI=1S/C13H18FNO/c1-9-5-6-11(14)13(16-2)12(9)10-4-3-7-15-8-10/h5-6,10,15H,3-4,7-8H2,1-2H3. The predicted octanol–water partition coefficient (Wildman–Crippen LogP) is 2.61. The van der Waals surface area contributed by atoms with Crippen LogP contribution in [-0.2, 0) is 0 Å². The molecule has 3 heteroatoms. The quantitative estimate of drug-likeness (QED) is 0.832. The molecule has 0 spiro atoms. The fourth-order valence-corrected chi connectivity index (χ4v) is 2.48. The molecule has 1 atom stereocenters. The molecule has 1 aliphatic heterocycles. The molecule has 1 saturated heterocycles. The maximum absolute atomic E-state index is 13.6. The van der Waals surface area contributed by atoms with E-state index >= 15 is 0 Å². The van der Waals surface area contributed by atoms with Crippen LogP contribution in [0.4, 0.5) is 4.39 Å². The van der Waals surface area contributed by atoms with Crippen molar-refractivity contribution in [2.24, 2.45) is 0 Å². The number of aryl methyl sites for hydroxylation is 1. The third-order valence-electron chi connectivity index (χ3n) is 3.28. The summed E-state index contributed by atoms with van der Waals surface area (Å²) in [5, 5.41) is 3.35. The van der Waals surface area contributed by atoms with Crippen molar-refractivity contribution in [2.75, 3.05) is 20.2 Å². The van der Waals surface area contributed by atoms with Crippen LogP contribution >= 0.6 is 0 Å². The summed E-state index contributed by atoms with van der Waals surface area (Å²) < 4.78 is 18.8. The fourth-order valence-electron chi connectivity index (χ4n) is 2.48. The van der Waals surface area contributed by atoms with Gasteiger partial charge in [0.05, 0.1) is 7.11 Å². The van der Waals surface area contributed by atoms with Gasteiger partial charge in [0.2, 0.25) is 0 Å². The highest BCUT2D eigenvalue weighted by Crippen LogP contribution is 2.35. The molecule has 2 nitrogen and oxygen atoms in total. The molecule has 0 radical (unpaired) electrons. The van der Waals surface area contributed by atoms with Gasteiger partial charge >= 0.3 is 0 Å². The van der Waals surface area contributed by atoms with Crippen molar-refractivity contribution in [3.05, 3.63) is 29.1 Å². The zero-order valence-corrected chi connectivity index (χ0v) is 9.85. The second kappa shape index (κ2) is 4.83. The van der Waals surface area contributed by atoms with E-state index in [4.69, 9.17) is 4.74 Å². The minimum absolute atomic E-state index is 0.256. The van der Waals surface area contributed by atoms with Gasteiger partial charge in [-0.25, -0.2) is 4.39 Å². The maximum Gasteiger partial charge on any atom is 0.165 e. The summed E-state index contributed by atoms with van der Waals surface area (Å²) in [7, 11) is 1.54. The van der Waals surface area contributed by atoms with Crippen molar-refractivity contribution in [2.45, 2.75) is 25.7 Å². The van der Waals surface area contributed by atoms with Gasteiger partial charge in [0.15, 0.2) is 11.6 Å². The molecular formula is C13H18FNO. The molecule has 88 valence electrons. The lowest BCUT2D eigenvalue weighted by atomic mass is 9.88. The van der Waals surface area contributed by atoms with Crippen LogP contribution in [0.5, 0.6) is 5.75 Å². The van der Waals surface area contributed by atoms with Crippen LogP contribution in [0.1, 0.15) is 29.9 Å². The van der Waals surface area contributed by atoms with Gasteiger partial charge in [0, 0.05) is 18.0 Å². The molecule has 0 amide bonds. The van der Waals surface area contributed by atoms with Crippen LogP contribution in [0.3, 0.4) is 0 Å². The van der Waals surface area contributed by atoms with E-state index < -0.39 is 0 Å². The van der Waals surface area contributed by atoms with E-state index in [1.54, 1.807) is 0 Å². The lowest BCUT2D eigenvalue weighted by molar-refractivity contribution is 0.367. The van der Waals surface area contributed by atoms with E-state index in [0.29, 0.717) is 11.7 Å². The SMILES string of the molecule is COc1c(F)ccc(C)c1C1CCCNC1. The average molecular weight is 223 g/mol. The molecule has 1 heterocycles. The molecule has 1 aromatic rings. The summed E-state index contributed by atoms with van der Waals surface area (Å²) in [6.45, 7) is 4.00. The van der Waals surface area contributed by atoms with E-state index in [0.717, 1.165) is 37.1 Å². The lowest BCUT2D eigenvalue weighted by Crippen LogP contribution is -2.29. The monoisotopic (exact) mass is 223 g/mol. The third kappa shape index (κ3) is 2.05. The van der Waals surface area contributed by atoms with Gasteiger partial charge in [-0.3, -0.25) is 0 Å². The van der Waals surface area contributed by atoms with Crippen LogP contribution in [0, 0.1) is 12.7 Å². The largest absolute Gasteiger partial charge is 0.493 e. The lowest BCUT2D eigenvalue weighted by Gasteiger charge is -2.26. The summed E-state index contributed by atoms with van der Waals surface area (Å²) in [5.74, 6) is 0.543. The average Bonchev–Trinajstić information content (AvgIpc) is 2.33. The summed E-state index contributed by atoms with van der Waals surface area (Å²) in [6, 6.07) is 3.32. The van der Waals surface area contributed by atoms with E-state index in [1.807, 2.05) is 13.0 Å². The van der Waals surface area contributed by atoms with Gasteiger partial charge in [-0.05, 0) is 37.9 Å². The number of benzene rings is 1. The summed E-state index contributed by atoms with van der Waals surface area (Å²) in [5.41, 5.74) is 2.15. The van der Waals surface area contributed by atoms with E-state index in [-0.39, 0.29) is 5.82 Å². The number of hydrogen-bond acceptors (Lipinski definition) is 2. The molecule has 2 rings (SSSR count). The Hall–Kier alpha value is -1.09. The number of halogens is 1. The normalized spacial score (nSPS) is 20.8. The van der Waals surface area contributed by atoms with Crippen LogP contribution in [0.2, 0.25) is 0 Å². The molecule has 1 fully saturated rings. The van der Waals surface area contributed by atoms with Gasteiger partial charge in [-0.2, -0.15) is 0 Å². The van der Waals surface area contributed by atoms with E-state index in [1.165, 1.54) is 13.2 Å². The molecule has 16 heavy (non-hydrogen) atoms. The molecule has 1 aliphatic rings. The fraction of sp³-hybridized carbons (Fsp3) is 0.538. The Bertz CT molecular complexity index is 372. The zero-order valence-electron chi connectivity index (χ0n) is 9.85. The second-order valence-electron chi connectivity index (χ2n) is 4.35. The Morgan fingerprint density at radius 2 is 2.25 bits per heavy atom. The second-order valence-corrected chi connectivity index (χ2v) is 4.35. The van der Waals surface area contributed by atoms with Crippen molar-refractivity contribution in [3.63, 3.8) is 0 Å². The number of methoxy groups -OCH3 is 1. The minimum Gasteiger partial charge on any atom is -0.493 e. The first-order valence-corrected chi connectivity index (χ1v) is 5.77. The Kier molecular flexibility index (Phi) is 3.44. The van der Waals surface area contributed by atoms with Crippen molar-refractivity contribution in [3.8, 4) is 5.75 Å². The number of hydrogen-bond donors (Lipinski definition) is 1. The van der Waals surface area contributed by atoms with Crippen LogP contribution in [0.25, 0.3) is 0 Å². The first-order chi connectivity index (χ1) is 7.74. The number of piperidine rings is 1. The maximum atomic E-state index is 13.6. The Morgan fingerprint density at radius 1 is 1.44 bits per heavy atom. The van der Waals surface area contributed by atoms with Crippen molar-refractivity contribution in [1.29, 1.82) is 0 Å². The predicted molar refractivity (Wildman–Crippen MR) is 62.5 cm³/mol. The summed E-state index contributed by atoms with van der Waals surface area (Å²) in [4.78, 5) is 0. The topological polar surface area (TPSA) is 21.3 Å². The first-order valence-electron chi connectivity index (χ1n) is 5.77. The molecule has 0 aliphatic carbocycles. The molecule has 0 aromatic heterocycles. The Morgan fingerprint density at radius 3 is 2.88 bits per heavy atom. The van der Waals surface area contributed by atoms with Gasteiger partial charge in [0.1, 0.15) is 0 Å². The zero-order chi connectivity index (χ0) is 11.5. The molecule has 1 N–H and O–H groups in total.